The van der Waals surface area contributed by atoms with Gasteiger partial charge in [-0.2, -0.15) is 0 Å². The molecule has 88 valence electrons. The van der Waals surface area contributed by atoms with Gasteiger partial charge in [-0.3, -0.25) is 9.78 Å². The third-order valence-electron chi connectivity index (χ3n) is 2.15. The number of nitrogens with zero attached hydrogens (tertiary/aromatic N) is 1. The molecule has 3 N–H and O–H groups in total. The number of hydrogen-bond acceptors (Lipinski definition) is 3. The molecule has 0 radical (unpaired) electrons. The lowest BCUT2D eigenvalue weighted by Crippen LogP contribution is -2.27. The summed E-state index contributed by atoms with van der Waals surface area (Å²) in [7, 11) is 0. The topological polar surface area (TPSA) is 68.0 Å². The van der Waals surface area contributed by atoms with E-state index in [1.807, 2.05) is 6.92 Å². The Kier molecular flexibility index (Phi) is 4.85. The third-order valence-corrected chi connectivity index (χ3v) is 2.15. The van der Waals surface area contributed by atoms with Crippen LogP contribution in [0.3, 0.4) is 0 Å². The summed E-state index contributed by atoms with van der Waals surface area (Å²) >= 11 is 0. The molecule has 1 rings (SSSR count). The second-order valence-corrected chi connectivity index (χ2v) is 3.66. The Balaban J connectivity index is 2.49. The number of aromatic nitrogens is 1. The number of carbonyl (C=O) groups excluding carboxylic acids is 1. The second-order valence-electron chi connectivity index (χ2n) is 3.66. The van der Waals surface area contributed by atoms with Crippen LogP contribution in [-0.2, 0) is 4.79 Å². The van der Waals surface area contributed by atoms with Gasteiger partial charge in [-0.1, -0.05) is 13.3 Å². The molecule has 0 bridgehead atoms. The zero-order chi connectivity index (χ0) is 12.0. The van der Waals surface area contributed by atoms with Gasteiger partial charge in [-0.25, -0.2) is 4.39 Å². The maximum Gasteiger partial charge on any atom is 0.226 e. The number of rotatable bonds is 5. The van der Waals surface area contributed by atoms with E-state index in [1.165, 1.54) is 12.3 Å². The van der Waals surface area contributed by atoms with Crippen LogP contribution in [0.15, 0.2) is 18.5 Å². The number of amides is 1. The van der Waals surface area contributed by atoms with E-state index in [0.29, 0.717) is 0 Å². The molecule has 16 heavy (non-hydrogen) atoms. The summed E-state index contributed by atoms with van der Waals surface area (Å²) in [4.78, 5) is 15.1. The molecule has 0 saturated heterocycles. The maximum atomic E-state index is 13.1. The Hall–Kier alpha value is -1.49. The van der Waals surface area contributed by atoms with E-state index >= 15 is 0 Å². The standard InChI is InChI=1S/C11H16FN3O/c1-2-3-8(13)6-11(16)15-10-4-5-14-7-9(10)12/h4-5,7-8H,2-3,6,13H2,1H3,(H,14,15,16). The molecule has 0 aliphatic heterocycles. The molecule has 1 amide bonds. The second kappa shape index (κ2) is 6.17. The Bertz CT molecular complexity index is 357. The minimum Gasteiger partial charge on any atom is -0.327 e. The van der Waals surface area contributed by atoms with Crippen LogP contribution in [0.2, 0.25) is 0 Å². The average molecular weight is 225 g/mol. The van der Waals surface area contributed by atoms with Gasteiger partial charge < -0.3 is 11.1 Å². The summed E-state index contributed by atoms with van der Waals surface area (Å²) in [5, 5.41) is 2.47. The molecule has 0 fully saturated rings. The van der Waals surface area contributed by atoms with E-state index in [2.05, 4.69) is 10.3 Å². The van der Waals surface area contributed by atoms with Gasteiger partial charge in [0.25, 0.3) is 0 Å². The average Bonchev–Trinajstić information content (AvgIpc) is 2.21. The zero-order valence-corrected chi connectivity index (χ0v) is 9.24. The highest BCUT2D eigenvalue weighted by molar-refractivity contribution is 5.91. The van der Waals surface area contributed by atoms with Crippen LogP contribution < -0.4 is 11.1 Å². The minimum absolute atomic E-state index is 0.142. The molecule has 1 unspecified atom stereocenters. The lowest BCUT2D eigenvalue weighted by Gasteiger charge is -2.10. The van der Waals surface area contributed by atoms with Crippen molar-refractivity contribution in [1.29, 1.82) is 0 Å². The monoisotopic (exact) mass is 225 g/mol. The Morgan fingerprint density at radius 3 is 3.06 bits per heavy atom. The molecule has 0 aliphatic carbocycles. The van der Waals surface area contributed by atoms with Gasteiger partial charge in [0.2, 0.25) is 5.91 Å². The van der Waals surface area contributed by atoms with Crippen molar-refractivity contribution < 1.29 is 9.18 Å². The van der Waals surface area contributed by atoms with Crippen LogP contribution in [0.25, 0.3) is 0 Å². The highest BCUT2D eigenvalue weighted by atomic mass is 19.1. The predicted molar refractivity (Wildman–Crippen MR) is 60.3 cm³/mol. The smallest absolute Gasteiger partial charge is 0.226 e. The number of halogens is 1. The van der Waals surface area contributed by atoms with E-state index < -0.39 is 5.82 Å². The molecule has 1 aromatic rings. The van der Waals surface area contributed by atoms with Crippen molar-refractivity contribution in [3.63, 3.8) is 0 Å². The lowest BCUT2D eigenvalue weighted by molar-refractivity contribution is -0.116. The van der Waals surface area contributed by atoms with Crippen LogP contribution in [-0.4, -0.2) is 16.9 Å². The Morgan fingerprint density at radius 2 is 2.44 bits per heavy atom. The SMILES string of the molecule is CCCC(N)CC(=O)Nc1ccncc1F. The quantitative estimate of drug-likeness (QED) is 0.801. The number of nitrogens with one attached hydrogen (secondary N) is 1. The summed E-state index contributed by atoms with van der Waals surface area (Å²) in [5.41, 5.74) is 5.85. The fourth-order valence-corrected chi connectivity index (χ4v) is 1.39. The molecule has 1 heterocycles. The molecule has 0 spiro atoms. The lowest BCUT2D eigenvalue weighted by atomic mass is 10.1. The highest BCUT2D eigenvalue weighted by Gasteiger charge is 2.10. The molecular formula is C11H16FN3O. The van der Waals surface area contributed by atoms with Gasteiger partial charge in [0.05, 0.1) is 11.9 Å². The number of pyridine rings is 1. The first-order valence-corrected chi connectivity index (χ1v) is 5.28. The summed E-state index contributed by atoms with van der Waals surface area (Å²) in [6.45, 7) is 2.00. The largest absolute Gasteiger partial charge is 0.327 e. The van der Waals surface area contributed by atoms with Gasteiger partial charge in [-0.15, -0.1) is 0 Å². The molecule has 1 atom stereocenters. The zero-order valence-electron chi connectivity index (χ0n) is 9.24. The summed E-state index contributed by atoms with van der Waals surface area (Å²) in [6, 6.07) is 1.24. The Morgan fingerprint density at radius 1 is 1.69 bits per heavy atom. The molecular weight excluding hydrogens is 209 g/mol. The summed E-state index contributed by atoms with van der Waals surface area (Å²) in [6.07, 6.45) is 4.40. The van der Waals surface area contributed by atoms with Gasteiger partial charge >= 0.3 is 0 Å². The molecule has 0 saturated carbocycles. The Labute approximate surface area is 94.1 Å². The van der Waals surface area contributed by atoms with Crippen molar-refractivity contribution in [3.8, 4) is 0 Å². The molecule has 0 aliphatic rings. The predicted octanol–water partition coefficient (Wildman–Crippen LogP) is 1.68. The first-order chi connectivity index (χ1) is 7.63. The highest BCUT2D eigenvalue weighted by Crippen LogP contribution is 2.11. The van der Waals surface area contributed by atoms with Crippen molar-refractivity contribution in [3.05, 3.63) is 24.3 Å². The maximum absolute atomic E-state index is 13.1. The number of hydrogen-bond donors (Lipinski definition) is 2. The van der Waals surface area contributed by atoms with Crippen molar-refractivity contribution in [1.82, 2.24) is 4.98 Å². The number of nitrogens with two attached hydrogens (primary N) is 1. The summed E-state index contributed by atoms with van der Waals surface area (Å²) in [5.74, 6) is -0.814. The van der Waals surface area contributed by atoms with Gasteiger partial charge in [0.1, 0.15) is 0 Å². The van der Waals surface area contributed by atoms with Crippen molar-refractivity contribution in [2.45, 2.75) is 32.2 Å². The normalized spacial score (nSPS) is 12.2. The molecule has 0 aromatic carbocycles. The van der Waals surface area contributed by atoms with Gasteiger partial charge in [0, 0.05) is 18.7 Å². The summed E-state index contributed by atoms with van der Waals surface area (Å²) < 4.78 is 13.1. The molecule has 5 heteroatoms. The van der Waals surface area contributed by atoms with E-state index in [1.54, 1.807) is 0 Å². The van der Waals surface area contributed by atoms with Crippen LogP contribution in [0, 0.1) is 5.82 Å². The van der Waals surface area contributed by atoms with Crippen molar-refractivity contribution in [2.75, 3.05) is 5.32 Å². The van der Waals surface area contributed by atoms with E-state index in [0.717, 1.165) is 19.0 Å². The van der Waals surface area contributed by atoms with Crippen LogP contribution >= 0.6 is 0 Å². The van der Waals surface area contributed by atoms with Crippen LogP contribution in [0.5, 0.6) is 0 Å². The van der Waals surface area contributed by atoms with E-state index in [-0.39, 0.29) is 24.1 Å². The fraction of sp³-hybridized carbons (Fsp3) is 0.455. The fourth-order valence-electron chi connectivity index (χ4n) is 1.39. The third kappa shape index (κ3) is 3.94. The molecule has 1 aromatic heterocycles. The minimum atomic E-state index is -0.542. The molecule has 4 nitrogen and oxygen atoms in total. The number of anilines is 1. The van der Waals surface area contributed by atoms with Gasteiger partial charge in [0.15, 0.2) is 5.82 Å². The van der Waals surface area contributed by atoms with Crippen molar-refractivity contribution >= 4 is 11.6 Å². The number of carbonyl (C=O) groups is 1. The van der Waals surface area contributed by atoms with Crippen LogP contribution in [0.1, 0.15) is 26.2 Å². The van der Waals surface area contributed by atoms with E-state index in [9.17, 15) is 9.18 Å². The van der Waals surface area contributed by atoms with Crippen molar-refractivity contribution in [2.24, 2.45) is 5.73 Å². The van der Waals surface area contributed by atoms with Crippen LogP contribution in [0.4, 0.5) is 10.1 Å². The van der Waals surface area contributed by atoms with E-state index in [4.69, 9.17) is 5.73 Å². The van der Waals surface area contributed by atoms with Gasteiger partial charge in [-0.05, 0) is 12.5 Å². The first kappa shape index (κ1) is 12.6. The first-order valence-electron chi connectivity index (χ1n) is 5.28.